The first-order valence-corrected chi connectivity index (χ1v) is 3.76. The molecule has 14 heavy (non-hydrogen) atoms. The van der Waals surface area contributed by atoms with Crippen molar-refractivity contribution in [2.24, 2.45) is 0 Å². The summed E-state index contributed by atoms with van der Waals surface area (Å²) in [5, 5.41) is 8.57. The molecule has 0 radical (unpaired) electrons. The molecule has 0 aromatic heterocycles. The van der Waals surface area contributed by atoms with Crippen LogP contribution < -0.4 is 59.1 Å². The molecule has 1 saturated heterocycles. The van der Waals surface area contributed by atoms with Crippen LogP contribution in [0.15, 0.2) is 0 Å². The van der Waals surface area contributed by atoms with Gasteiger partial charge in [0.1, 0.15) is 0 Å². The zero-order valence-corrected chi connectivity index (χ0v) is 12.6. The number of rotatable bonds is 0. The second-order valence-corrected chi connectivity index (χ2v) is 2.21. The van der Waals surface area contributed by atoms with Gasteiger partial charge >= 0.3 is 59.1 Å². The standard InChI is InChI=1S/C4H5NO3.2Na.H2O3S/c6-3-1-2-4(7)5(3)8;;;1-4(2)3/h8H,1-2H2;;;(H2,1,2,3)/q;2*+1;/p-2. The quantitative estimate of drug-likeness (QED) is 0.194. The number of amides is 2. The number of carbonyl (C=O) groups is 2. The number of carbonyl (C=O) groups excluding carboxylic acids is 2. The minimum atomic E-state index is -3.11. The van der Waals surface area contributed by atoms with E-state index in [1.54, 1.807) is 0 Å². The van der Waals surface area contributed by atoms with E-state index < -0.39 is 23.2 Å². The van der Waals surface area contributed by atoms with Crippen LogP contribution in [0, 0.1) is 0 Å². The van der Waals surface area contributed by atoms with Crippen molar-refractivity contribution in [3.63, 3.8) is 0 Å². The average molecular weight is 241 g/mol. The van der Waals surface area contributed by atoms with Gasteiger partial charge in [-0.1, -0.05) is 0 Å². The Kier molecular flexibility index (Phi) is 15.7. The summed E-state index contributed by atoms with van der Waals surface area (Å²) in [5.41, 5.74) is 0. The average Bonchev–Trinajstić information content (AvgIpc) is 2.19. The Labute approximate surface area is 127 Å². The van der Waals surface area contributed by atoms with E-state index in [0.29, 0.717) is 0 Å². The van der Waals surface area contributed by atoms with Crippen molar-refractivity contribution in [3.05, 3.63) is 0 Å². The van der Waals surface area contributed by atoms with E-state index in [9.17, 15) is 9.59 Å². The largest absolute Gasteiger partial charge is 1.00 e. The number of hydroxylamine groups is 2. The first kappa shape index (κ1) is 20.6. The molecule has 1 rings (SSSR count). The van der Waals surface area contributed by atoms with Gasteiger partial charge in [-0.15, -0.1) is 11.4 Å². The van der Waals surface area contributed by atoms with Crippen LogP contribution >= 0.6 is 0 Å². The van der Waals surface area contributed by atoms with E-state index in [2.05, 4.69) is 0 Å². The molecule has 1 heterocycles. The van der Waals surface area contributed by atoms with E-state index in [4.69, 9.17) is 18.5 Å². The van der Waals surface area contributed by atoms with Crippen LogP contribution in [0.1, 0.15) is 12.8 Å². The maximum Gasteiger partial charge on any atom is 1.00 e. The number of nitrogens with zero attached hydrogens (tertiary/aromatic N) is 1. The Balaban J connectivity index is -0.000000180. The third kappa shape index (κ3) is 9.71. The van der Waals surface area contributed by atoms with Gasteiger partial charge in [0.05, 0.1) is 0 Å². The maximum atomic E-state index is 10.2. The summed E-state index contributed by atoms with van der Waals surface area (Å²) in [4.78, 5) is 20.5. The minimum absolute atomic E-state index is 0. The van der Waals surface area contributed by atoms with Crippen LogP contribution in [0.25, 0.3) is 0 Å². The number of hydrogen-bond donors (Lipinski definition) is 1. The van der Waals surface area contributed by atoms with Crippen molar-refractivity contribution in [1.82, 2.24) is 5.06 Å². The molecule has 0 aliphatic carbocycles. The molecule has 7 nitrogen and oxygen atoms in total. The van der Waals surface area contributed by atoms with E-state index in [-0.39, 0.29) is 77.0 Å². The number of hydrogen-bond acceptors (Lipinski definition) is 6. The van der Waals surface area contributed by atoms with Crippen molar-refractivity contribution in [2.45, 2.75) is 12.8 Å². The van der Waals surface area contributed by atoms with Crippen LogP contribution in [0.3, 0.4) is 0 Å². The maximum absolute atomic E-state index is 10.2. The monoisotopic (exact) mass is 241 g/mol. The molecule has 0 spiro atoms. The molecule has 0 aromatic rings. The molecule has 0 saturated carbocycles. The summed E-state index contributed by atoms with van der Waals surface area (Å²) in [7, 11) is 0. The second kappa shape index (κ2) is 10.7. The molecule has 0 unspecified atom stereocenters. The zero-order valence-electron chi connectivity index (χ0n) is 7.76. The van der Waals surface area contributed by atoms with Crippen molar-refractivity contribution in [3.8, 4) is 0 Å². The molecule has 1 aliphatic heterocycles. The van der Waals surface area contributed by atoms with Gasteiger partial charge in [-0.05, 0) is 0 Å². The van der Waals surface area contributed by atoms with Crippen molar-refractivity contribution >= 4 is 23.2 Å². The number of imide groups is 1. The van der Waals surface area contributed by atoms with Crippen LogP contribution in [0.4, 0.5) is 0 Å². The molecule has 0 bridgehead atoms. The SMILES string of the molecule is O=C1CCC(=O)N1O.O=S([O-])[O-].[Na+].[Na+]. The van der Waals surface area contributed by atoms with Crippen LogP contribution in [-0.4, -0.2) is 35.4 Å². The van der Waals surface area contributed by atoms with Gasteiger partial charge < -0.3 is 9.11 Å². The van der Waals surface area contributed by atoms with E-state index in [0.717, 1.165) is 0 Å². The molecule has 2 amide bonds. The van der Waals surface area contributed by atoms with Crippen LogP contribution in [0.5, 0.6) is 0 Å². The Morgan fingerprint density at radius 3 is 1.43 bits per heavy atom. The van der Waals surface area contributed by atoms with Gasteiger partial charge in [-0.2, -0.15) is 5.06 Å². The van der Waals surface area contributed by atoms with E-state index in [1.165, 1.54) is 0 Å². The minimum Gasteiger partial charge on any atom is -0.784 e. The molecule has 1 aliphatic rings. The zero-order chi connectivity index (χ0) is 9.72. The topological polar surface area (TPSA) is 121 Å². The van der Waals surface area contributed by atoms with Crippen molar-refractivity contribution < 1.29 is 87.2 Å². The first-order valence-electron chi connectivity index (χ1n) is 2.76. The Morgan fingerprint density at radius 1 is 1.14 bits per heavy atom. The molecule has 0 aromatic carbocycles. The Hall–Kier alpha value is 1.17. The molecule has 10 heteroatoms. The smallest absolute Gasteiger partial charge is 0.784 e. The fourth-order valence-corrected chi connectivity index (χ4v) is 0.565. The normalized spacial score (nSPS) is 14.1. The summed E-state index contributed by atoms with van der Waals surface area (Å²) >= 11 is -3.11. The van der Waals surface area contributed by atoms with Gasteiger partial charge in [-0.25, -0.2) is 0 Å². The second-order valence-electron chi connectivity index (χ2n) is 1.80. The van der Waals surface area contributed by atoms with Gasteiger partial charge in [-0.3, -0.25) is 19.0 Å². The molecule has 1 fully saturated rings. The molecular formula is C4H5NNa2O6S. The fourth-order valence-electron chi connectivity index (χ4n) is 0.565. The summed E-state index contributed by atoms with van der Waals surface area (Å²) in [5.74, 6) is -1.01. The summed E-state index contributed by atoms with van der Waals surface area (Å²) < 4.78 is 25.3. The molecule has 0 atom stereocenters. The van der Waals surface area contributed by atoms with Crippen molar-refractivity contribution in [1.29, 1.82) is 0 Å². The summed E-state index contributed by atoms with van der Waals surface area (Å²) in [6.07, 6.45) is 0.296. The van der Waals surface area contributed by atoms with Crippen LogP contribution in [-0.2, 0) is 21.0 Å². The predicted octanol–water partition coefficient (Wildman–Crippen LogP) is -7.47. The fraction of sp³-hybridized carbons (Fsp3) is 0.500. The van der Waals surface area contributed by atoms with E-state index >= 15 is 0 Å². The van der Waals surface area contributed by atoms with Gasteiger partial charge in [0.25, 0.3) is 11.8 Å². The molecule has 70 valence electrons. The van der Waals surface area contributed by atoms with Gasteiger partial charge in [0.15, 0.2) is 0 Å². The third-order valence-corrected chi connectivity index (χ3v) is 1.03. The van der Waals surface area contributed by atoms with Crippen molar-refractivity contribution in [2.75, 3.05) is 0 Å². The first-order chi connectivity index (χ1) is 5.45. The van der Waals surface area contributed by atoms with Gasteiger partial charge in [0, 0.05) is 12.8 Å². The summed E-state index contributed by atoms with van der Waals surface area (Å²) in [6.45, 7) is 0. The predicted molar refractivity (Wildman–Crippen MR) is 32.6 cm³/mol. The Bertz CT molecular complexity index is 204. The van der Waals surface area contributed by atoms with Gasteiger partial charge in [0.2, 0.25) is 0 Å². The third-order valence-electron chi connectivity index (χ3n) is 1.03. The van der Waals surface area contributed by atoms with E-state index in [1.807, 2.05) is 0 Å². The summed E-state index contributed by atoms with van der Waals surface area (Å²) in [6, 6.07) is 0. The molecular weight excluding hydrogens is 236 g/mol. The van der Waals surface area contributed by atoms with Crippen LogP contribution in [0.2, 0.25) is 0 Å². The Morgan fingerprint density at radius 2 is 1.36 bits per heavy atom. The molecule has 1 N–H and O–H groups in total.